The molecule has 3 heteroatoms. The van der Waals surface area contributed by atoms with Gasteiger partial charge in [0.25, 0.3) is 0 Å². The van der Waals surface area contributed by atoms with E-state index in [4.69, 9.17) is 0 Å². The molecular weight excluding hydrogens is 290 g/mol. The normalized spacial score (nSPS) is 16.7. The number of rotatable bonds is 4. The van der Waals surface area contributed by atoms with Crippen molar-refractivity contribution in [1.82, 2.24) is 5.32 Å². The molecule has 1 aliphatic rings. The lowest BCUT2D eigenvalue weighted by molar-refractivity contribution is -0.124. The van der Waals surface area contributed by atoms with E-state index in [-0.39, 0.29) is 11.8 Å². The van der Waals surface area contributed by atoms with E-state index in [0.717, 1.165) is 12.8 Å². The Morgan fingerprint density at radius 1 is 1.33 bits per heavy atom. The predicted octanol–water partition coefficient (Wildman–Crippen LogP) is 2.94. The fraction of sp³-hybridized carbons (Fsp3) is 0.533. The van der Waals surface area contributed by atoms with E-state index in [1.54, 1.807) is 0 Å². The summed E-state index contributed by atoms with van der Waals surface area (Å²) in [5, 5.41) is 3.05. The number of alkyl halides is 1. The molecule has 0 aliphatic heterocycles. The zero-order valence-electron chi connectivity index (χ0n) is 10.9. The zero-order valence-corrected chi connectivity index (χ0v) is 12.5. The van der Waals surface area contributed by atoms with Gasteiger partial charge in [-0.15, -0.1) is 0 Å². The van der Waals surface area contributed by atoms with E-state index in [2.05, 4.69) is 47.2 Å². The number of benzene rings is 1. The third kappa shape index (κ3) is 3.14. The van der Waals surface area contributed by atoms with Gasteiger partial charge in [0.15, 0.2) is 0 Å². The highest BCUT2D eigenvalue weighted by molar-refractivity contribution is 9.09. The van der Waals surface area contributed by atoms with Crippen molar-refractivity contribution >= 4 is 21.8 Å². The second-order valence-electron chi connectivity index (χ2n) is 5.38. The lowest BCUT2D eigenvalue weighted by Crippen LogP contribution is -2.36. The monoisotopic (exact) mass is 309 g/mol. The number of hydrogen-bond acceptors (Lipinski definition) is 1. The van der Waals surface area contributed by atoms with Crippen molar-refractivity contribution in [3.63, 3.8) is 0 Å². The number of fused-ring (bicyclic) bond motifs is 1. The van der Waals surface area contributed by atoms with Crippen LogP contribution >= 0.6 is 15.9 Å². The molecule has 1 aromatic rings. The van der Waals surface area contributed by atoms with Gasteiger partial charge in [0.05, 0.1) is 0 Å². The van der Waals surface area contributed by atoms with Crippen molar-refractivity contribution in [2.75, 3.05) is 6.54 Å². The first-order chi connectivity index (χ1) is 8.58. The van der Waals surface area contributed by atoms with Crippen LogP contribution in [0, 0.1) is 11.8 Å². The predicted molar refractivity (Wildman–Crippen MR) is 77.9 cm³/mol. The second kappa shape index (κ2) is 5.87. The summed E-state index contributed by atoms with van der Waals surface area (Å²) in [6, 6.07) is 8.35. The first-order valence-corrected chi connectivity index (χ1v) is 7.48. The second-order valence-corrected chi connectivity index (χ2v) is 6.56. The third-order valence-corrected chi connectivity index (χ3v) is 5.00. The van der Waals surface area contributed by atoms with Crippen LogP contribution in [0.25, 0.3) is 0 Å². The summed E-state index contributed by atoms with van der Waals surface area (Å²) in [7, 11) is 0. The molecule has 2 rings (SSSR count). The van der Waals surface area contributed by atoms with E-state index in [9.17, 15) is 4.79 Å². The number of amides is 1. The molecule has 18 heavy (non-hydrogen) atoms. The maximum absolute atomic E-state index is 12.1. The molecule has 1 N–H and O–H groups in total. The van der Waals surface area contributed by atoms with Crippen molar-refractivity contribution in [2.45, 2.75) is 31.5 Å². The van der Waals surface area contributed by atoms with Gasteiger partial charge in [0.1, 0.15) is 0 Å². The summed E-state index contributed by atoms with van der Waals surface area (Å²) in [5.41, 5.74) is 2.66. The van der Waals surface area contributed by atoms with Gasteiger partial charge < -0.3 is 5.32 Å². The Morgan fingerprint density at radius 2 is 1.89 bits per heavy atom. The van der Waals surface area contributed by atoms with Crippen LogP contribution in [0.3, 0.4) is 0 Å². The lowest BCUT2D eigenvalue weighted by atomic mass is 10.1. The molecule has 1 amide bonds. The molecule has 0 heterocycles. The van der Waals surface area contributed by atoms with E-state index in [1.807, 2.05) is 12.1 Å². The molecule has 98 valence electrons. The molecule has 1 aromatic carbocycles. The highest BCUT2D eigenvalue weighted by Gasteiger charge is 2.27. The Labute approximate surface area is 117 Å². The molecule has 2 nitrogen and oxygen atoms in total. The van der Waals surface area contributed by atoms with Crippen LogP contribution < -0.4 is 5.32 Å². The summed E-state index contributed by atoms with van der Waals surface area (Å²) < 4.78 is 0. The lowest BCUT2D eigenvalue weighted by Gasteiger charge is -2.16. The minimum atomic E-state index is 0.120. The molecule has 0 spiro atoms. The SMILES string of the molecule is CC(C)C(Br)CNC(=O)C1Cc2ccccc2C1. The maximum atomic E-state index is 12.1. The van der Waals surface area contributed by atoms with Crippen LogP contribution in [-0.2, 0) is 17.6 Å². The molecular formula is C15H20BrNO. The van der Waals surface area contributed by atoms with Crippen LogP contribution in [0.2, 0.25) is 0 Å². The summed E-state index contributed by atoms with van der Waals surface area (Å²) in [6.45, 7) is 5.01. The molecule has 1 unspecified atom stereocenters. The maximum Gasteiger partial charge on any atom is 0.223 e. The zero-order chi connectivity index (χ0) is 13.1. The molecule has 1 atom stereocenters. The van der Waals surface area contributed by atoms with E-state index < -0.39 is 0 Å². The van der Waals surface area contributed by atoms with Crippen LogP contribution in [-0.4, -0.2) is 17.3 Å². The first kappa shape index (κ1) is 13.6. The van der Waals surface area contributed by atoms with Crippen molar-refractivity contribution in [1.29, 1.82) is 0 Å². The fourth-order valence-electron chi connectivity index (χ4n) is 2.32. The topological polar surface area (TPSA) is 29.1 Å². The van der Waals surface area contributed by atoms with Gasteiger partial charge in [0.2, 0.25) is 5.91 Å². The molecule has 1 aliphatic carbocycles. The number of halogens is 1. The number of carbonyl (C=O) groups excluding carboxylic acids is 1. The molecule has 0 saturated heterocycles. The van der Waals surface area contributed by atoms with Crippen molar-refractivity contribution < 1.29 is 4.79 Å². The summed E-state index contributed by atoms with van der Waals surface area (Å²) in [6.07, 6.45) is 1.77. The molecule has 0 bridgehead atoms. The minimum absolute atomic E-state index is 0.120. The molecule has 0 fully saturated rings. The van der Waals surface area contributed by atoms with Crippen LogP contribution in [0.4, 0.5) is 0 Å². The van der Waals surface area contributed by atoms with E-state index >= 15 is 0 Å². The molecule has 0 radical (unpaired) electrons. The van der Waals surface area contributed by atoms with Crippen LogP contribution in [0.1, 0.15) is 25.0 Å². The summed E-state index contributed by atoms with van der Waals surface area (Å²) >= 11 is 3.59. The van der Waals surface area contributed by atoms with Crippen molar-refractivity contribution in [2.24, 2.45) is 11.8 Å². The number of carbonyl (C=O) groups is 1. The largest absolute Gasteiger partial charge is 0.355 e. The molecule has 0 aromatic heterocycles. The third-order valence-electron chi connectivity index (χ3n) is 3.62. The summed E-state index contributed by atoms with van der Waals surface area (Å²) in [5.74, 6) is 0.844. The average molecular weight is 310 g/mol. The smallest absolute Gasteiger partial charge is 0.223 e. The van der Waals surface area contributed by atoms with Gasteiger partial charge in [-0.3, -0.25) is 4.79 Å². The van der Waals surface area contributed by atoms with Gasteiger partial charge in [-0.05, 0) is 29.9 Å². The number of nitrogens with one attached hydrogen (secondary N) is 1. The Morgan fingerprint density at radius 3 is 2.39 bits per heavy atom. The van der Waals surface area contributed by atoms with Gasteiger partial charge in [0, 0.05) is 17.3 Å². The Balaban J connectivity index is 1.86. The average Bonchev–Trinajstić information content (AvgIpc) is 2.79. The minimum Gasteiger partial charge on any atom is -0.355 e. The van der Waals surface area contributed by atoms with E-state index in [0.29, 0.717) is 17.3 Å². The highest BCUT2D eigenvalue weighted by Crippen LogP contribution is 2.26. The number of hydrogen-bond donors (Lipinski definition) is 1. The Bertz CT molecular complexity index is 405. The first-order valence-electron chi connectivity index (χ1n) is 6.56. The van der Waals surface area contributed by atoms with Gasteiger partial charge in [-0.1, -0.05) is 54.0 Å². The van der Waals surface area contributed by atoms with Gasteiger partial charge in [-0.25, -0.2) is 0 Å². The van der Waals surface area contributed by atoms with Crippen molar-refractivity contribution in [3.8, 4) is 0 Å². The van der Waals surface area contributed by atoms with Crippen LogP contribution in [0.5, 0.6) is 0 Å². The quantitative estimate of drug-likeness (QED) is 0.851. The highest BCUT2D eigenvalue weighted by atomic mass is 79.9. The summed E-state index contributed by atoms with van der Waals surface area (Å²) in [4.78, 5) is 12.5. The van der Waals surface area contributed by atoms with Gasteiger partial charge >= 0.3 is 0 Å². The van der Waals surface area contributed by atoms with Gasteiger partial charge in [-0.2, -0.15) is 0 Å². The Hall–Kier alpha value is -0.830. The molecule has 0 saturated carbocycles. The van der Waals surface area contributed by atoms with Crippen LogP contribution in [0.15, 0.2) is 24.3 Å². The standard InChI is InChI=1S/C15H20BrNO/c1-10(2)14(16)9-17-15(18)13-7-11-5-3-4-6-12(11)8-13/h3-6,10,13-14H,7-9H2,1-2H3,(H,17,18). The fourth-order valence-corrected chi connectivity index (χ4v) is 2.48. The van der Waals surface area contributed by atoms with Crippen molar-refractivity contribution in [3.05, 3.63) is 35.4 Å². The Kier molecular flexibility index (Phi) is 4.44. The van der Waals surface area contributed by atoms with E-state index in [1.165, 1.54) is 11.1 Å².